The summed E-state index contributed by atoms with van der Waals surface area (Å²) >= 11 is 1.49. The lowest BCUT2D eigenvalue weighted by atomic mass is 9.94. The van der Waals surface area contributed by atoms with Crippen molar-refractivity contribution < 1.29 is 12.8 Å². The third-order valence-corrected chi connectivity index (χ3v) is 6.42. The number of aromatic nitrogens is 2. The number of aryl methyl sites for hydroxylation is 1. The lowest BCUT2D eigenvalue weighted by Gasteiger charge is -2.14. The van der Waals surface area contributed by atoms with Crippen LogP contribution < -0.4 is 0 Å². The molecule has 2 heterocycles. The third-order valence-electron chi connectivity index (χ3n) is 3.40. The summed E-state index contributed by atoms with van der Waals surface area (Å²) < 4.78 is 30.7. The molecule has 1 atom stereocenters. The zero-order valence-electron chi connectivity index (χ0n) is 13.6. The number of sulfone groups is 1. The molecule has 2 aromatic heterocycles. The second kappa shape index (κ2) is 6.12. The maximum Gasteiger partial charge on any atom is 0.212 e. The fourth-order valence-corrected chi connectivity index (χ4v) is 3.96. The number of hydrogen-bond acceptors (Lipinski definition) is 6. The zero-order chi connectivity index (χ0) is 16.5. The molecular formula is C15H22N2O3S2. The summed E-state index contributed by atoms with van der Waals surface area (Å²) in [5, 5.41) is 1.97. The van der Waals surface area contributed by atoms with Gasteiger partial charge in [0.05, 0.1) is 22.7 Å². The van der Waals surface area contributed by atoms with E-state index in [1.807, 2.05) is 27.7 Å². The van der Waals surface area contributed by atoms with Gasteiger partial charge in [0.2, 0.25) is 5.89 Å². The molecule has 122 valence electrons. The highest BCUT2D eigenvalue weighted by atomic mass is 32.2. The molecule has 0 aliphatic carbocycles. The average Bonchev–Trinajstić information content (AvgIpc) is 3.04. The molecule has 0 saturated carbocycles. The average molecular weight is 342 g/mol. The van der Waals surface area contributed by atoms with E-state index in [-0.39, 0.29) is 17.1 Å². The molecule has 0 bridgehead atoms. The third kappa shape index (κ3) is 3.76. The molecule has 5 nitrogen and oxygen atoms in total. The van der Waals surface area contributed by atoms with Crippen LogP contribution >= 0.6 is 11.3 Å². The Bertz CT molecular complexity index is 739. The molecule has 2 aromatic rings. The number of rotatable bonds is 5. The molecule has 0 aliphatic rings. The predicted octanol–water partition coefficient (Wildman–Crippen LogP) is 3.67. The lowest BCUT2D eigenvalue weighted by Crippen LogP contribution is -2.14. The first-order valence-electron chi connectivity index (χ1n) is 7.24. The Morgan fingerprint density at radius 2 is 2.05 bits per heavy atom. The topological polar surface area (TPSA) is 73.1 Å². The van der Waals surface area contributed by atoms with Gasteiger partial charge in [0.25, 0.3) is 0 Å². The summed E-state index contributed by atoms with van der Waals surface area (Å²) in [7, 11) is -3.41. The van der Waals surface area contributed by atoms with Crippen molar-refractivity contribution in [2.45, 2.75) is 57.5 Å². The van der Waals surface area contributed by atoms with Crippen molar-refractivity contribution >= 4 is 21.2 Å². The Labute approximate surface area is 135 Å². The summed E-state index contributed by atoms with van der Waals surface area (Å²) in [6.45, 7) is 9.61. The van der Waals surface area contributed by atoms with Gasteiger partial charge >= 0.3 is 0 Å². The Kier molecular flexibility index (Phi) is 4.77. The number of nitrogens with zero attached hydrogens (tertiary/aromatic N) is 2. The van der Waals surface area contributed by atoms with E-state index in [2.05, 4.69) is 9.97 Å². The minimum Gasteiger partial charge on any atom is -0.444 e. The summed E-state index contributed by atoms with van der Waals surface area (Å²) in [6, 6.07) is 0. The second-order valence-electron chi connectivity index (χ2n) is 6.35. The van der Waals surface area contributed by atoms with Crippen LogP contribution in [0.25, 0.3) is 0 Å². The van der Waals surface area contributed by atoms with Crippen LogP contribution in [0.4, 0.5) is 0 Å². The number of oxazole rings is 1. The zero-order valence-corrected chi connectivity index (χ0v) is 15.2. The SMILES string of the molecule is CCc1nc(CS(=O)(=O)[C@H](C)c2ncc(C(C)(C)C)o2)cs1. The fourth-order valence-electron chi connectivity index (χ4n) is 1.88. The van der Waals surface area contributed by atoms with Crippen molar-refractivity contribution in [3.8, 4) is 0 Å². The molecule has 0 aliphatic heterocycles. The Morgan fingerprint density at radius 1 is 1.36 bits per heavy atom. The van der Waals surface area contributed by atoms with Gasteiger partial charge in [0, 0.05) is 10.8 Å². The van der Waals surface area contributed by atoms with E-state index in [0.717, 1.165) is 11.4 Å². The molecule has 0 radical (unpaired) electrons. The van der Waals surface area contributed by atoms with Crippen molar-refractivity contribution in [1.82, 2.24) is 9.97 Å². The van der Waals surface area contributed by atoms with Gasteiger partial charge in [0.15, 0.2) is 9.84 Å². The maximum absolute atomic E-state index is 12.5. The molecule has 0 spiro atoms. The Balaban J connectivity index is 2.19. The summed E-state index contributed by atoms with van der Waals surface area (Å²) in [6.07, 6.45) is 2.42. The largest absolute Gasteiger partial charge is 0.444 e. The Hall–Kier alpha value is -1.21. The number of hydrogen-bond donors (Lipinski definition) is 0. The summed E-state index contributed by atoms with van der Waals surface area (Å²) in [5.41, 5.74) is 0.399. The van der Waals surface area contributed by atoms with Gasteiger partial charge < -0.3 is 4.42 Å². The first-order chi connectivity index (χ1) is 10.1. The van der Waals surface area contributed by atoms with Crippen LogP contribution in [0.2, 0.25) is 0 Å². The molecule has 0 amide bonds. The van der Waals surface area contributed by atoms with E-state index in [1.165, 1.54) is 11.3 Å². The van der Waals surface area contributed by atoms with E-state index < -0.39 is 15.1 Å². The van der Waals surface area contributed by atoms with Crippen molar-refractivity contribution in [2.75, 3.05) is 0 Å². The van der Waals surface area contributed by atoms with Crippen LogP contribution in [0, 0.1) is 0 Å². The van der Waals surface area contributed by atoms with Gasteiger partial charge in [-0.25, -0.2) is 18.4 Å². The predicted molar refractivity (Wildman–Crippen MR) is 87.7 cm³/mol. The lowest BCUT2D eigenvalue weighted by molar-refractivity contribution is 0.380. The van der Waals surface area contributed by atoms with Crippen molar-refractivity contribution in [3.63, 3.8) is 0 Å². The quantitative estimate of drug-likeness (QED) is 0.829. The van der Waals surface area contributed by atoms with Gasteiger partial charge in [-0.2, -0.15) is 0 Å². The van der Waals surface area contributed by atoms with E-state index in [0.29, 0.717) is 11.5 Å². The van der Waals surface area contributed by atoms with Crippen molar-refractivity contribution in [3.05, 3.63) is 33.9 Å². The highest BCUT2D eigenvalue weighted by Gasteiger charge is 2.30. The molecule has 0 saturated heterocycles. The van der Waals surface area contributed by atoms with Crippen molar-refractivity contribution in [1.29, 1.82) is 0 Å². The molecule has 0 fully saturated rings. The minimum absolute atomic E-state index is 0.0854. The van der Waals surface area contributed by atoms with Gasteiger partial charge in [-0.05, 0) is 13.3 Å². The second-order valence-corrected chi connectivity index (χ2v) is 9.61. The van der Waals surface area contributed by atoms with Crippen LogP contribution in [0.1, 0.15) is 62.2 Å². The van der Waals surface area contributed by atoms with Gasteiger partial charge in [0.1, 0.15) is 11.0 Å². The van der Waals surface area contributed by atoms with Crippen LogP contribution in [-0.4, -0.2) is 18.4 Å². The van der Waals surface area contributed by atoms with Gasteiger partial charge in [-0.1, -0.05) is 27.7 Å². The van der Waals surface area contributed by atoms with Gasteiger partial charge in [-0.15, -0.1) is 11.3 Å². The molecule has 2 rings (SSSR count). The highest BCUT2D eigenvalue weighted by Crippen LogP contribution is 2.29. The molecule has 22 heavy (non-hydrogen) atoms. The minimum atomic E-state index is -3.41. The van der Waals surface area contributed by atoms with E-state index >= 15 is 0 Å². The van der Waals surface area contributed by atoms with Crippen LogP contribution in [0.15, 0.2) is 16.0 Å². The normalized spacial score (nSPS) is 14.2. The summed E-state index contributed by atoms with van der Waals surface area (Å²) in [5.74, 6) is 0.847. The van der Waals surface area contributed by atoms with E-state index in [1.54, 1.807) is 18.5 Å². The molecular weight excluding hydrogens is 320 g/mol. The standard InChI is InChI=1S/C15H22N2O3S2/c1-6-13-17-11(8-21-13)9-22(18,19)10(2)14-16-7-12(20-14)15(3,4)5/h7-8,10H,6,9H2,1-5H3/t10-/m1/s1. The number of thiazole rings is 1. The first-order valence-corrected chi connectivity index (χ1v) is 9.84. The first kappa shape index (κ1) is 17.1. The van der Waals surface area contributed by atoms with Crippen LogP contribution in [0.3, 0.4) is 0 Å². The molecule has 0 aromatic carbocycles. The van der Waals surface area contributed by atoms with Crippen LogP contribution in [0.5, 0.6) is 0 Å². The molecule has 0 unspecified atom stereocenters. The van der Waals surface area contributed by atoms with Gasteiger partial charge in [-0.3, -0.25) is 0 Å². The van der Waals surface area contributed by atoms with Crippen LogP contribution in [-0.2, 0) is 27.4 Å². The Morgan fingerprint density at radius 3 is 2.55 bits per heavy atom. The maximum atomic E-state index is 12.5. The summed E-state index contributed by atoms with van der Waals surface area (Å²) in [4.78, 5) is 8.47. The van der Waals surface area contributed by atoms with E-state index in [9.17, 15) is 8.42 Å². The smallest absolute Gasteiger partial charge is 0.212 e. The highest BCUT2D eigenvalue weighted by molar-refractivity contribution is 7.90. The van der Waals surface area contributed by atoms with E-state index in [4.69, 9.17) is 4.42 Å². The molecule has 0 N–H and O–H groups in total. The molecule has 7 heteroatoms. The monoisotopic (exact) mass is 342 g/mol. The fraction of sp³-hybridized carbons (Fsp3) is 0.600. The van der Waals surface area contributed by atoms with Crippen molar-refractivity contribution in [2.24, 2.45) is 0 Å².